The molecule has 0 saturated carbocycles. The van der Waals surface area contributed by atoms with Crippen LogP contribution in [0.2, 0.25) is 5.02 Å². The van der Waals surface area contributed by atoms with Gasteiger partial charge < -0.3 is 5.32 Å². The van der Waals surface area contributed by atoms with E-state index in [0.717, 1.165) is 9.90 Å². The summed E-state index contributed by atoms with van der Waals surface area (Å²) in [5.74, 6) is -0.635. The highest BCUT2D eigenvalue weighted by molar-refractivity contribution is 8.00. The van der Waals surface area contributed by atoms with Crippen molar-refractivity contribution in [3.05, 3.63) is 35.0 Å². The number of benzene rings is 1. The van der Waals surface area contributed by atoms with Crippen LogP contribution in [0.5, 0.6) is 0 Å². The fraction of sp³-hybridized carbons (Fsp3) is 0.286. The number of aryl methyl sites for hydroxylation is 1. The third-order valence-electron chi connectivity index (χ3n) is 2.96. The molecule has 5 nitrogen and oxygen atoms in total. The summed E-state index contributed by atoms with van der Waals surface area (Å²) < 4.78 is 25.4. The first-order valence-electron chi connectivity index (χ1n) is 6.61. The molecule has 9 heteroatoms. The van der Waals surface area contributed by atoms with E-state index in [1.54, 1.807) is 11.8 Å². The van der Waals surface area contributed by atoms with Crippen molar-refractivity contribution < 1.29 is 13.2 Å². The Hall–Kier alpha value is -1.09. The maximum Gasteiger partial charge on any atom is 0.227 e. The Labute approximate surface area is 148 Å². The van der Waals surface area contributed by atoms with Crippen LogP contribution in [0.3, 0.4) is 0 Å². The highest BCUT2D eigenvalue weighted by atomic mass is 35.5. The van der Waals surface area contributed by atoms with E-state index in [4.69, 9.17) is 11.6 Å². The van der Waals surface area contributed by atoms with E-state index in [1.165, 1.54) is 35.6 Å². The molecule has 0 aliphatic heterocycles. The zero-order valence-electron chi connectivity index (χ0n) is 12.5. The summed E-state index contributed by atoms with van der Waals surface area (Å²) in [4.78, 5) is 16.3. The van der Waals surface area contributed by atoms with Gasteiger partial charge in [0.15, 0.2) is 15.0 Å². The maximum absolute atomic E-state index is 12.2. The molecule has 0 saturated heterocycles. The monoisotopic (exact) mass is 390 g/mol. The van der Waals surface area contributed by atoms with Gasteiger partial charge in [-0.3, -0.25) is 4.79 Å². The van der Waals surface area contributed by atoms with Gasteiger partial charge in [0.25, 0.3) is 0 Å². The quantitative estimate of drug-likeness (QED) is 0.762. The van der Waals surface area contributed by atoms with Gasteiger partial charge in [0, 0.05) is 11.4 Å². The number of sulfone groups is 1. The number of thioether (sulfide) groups is 1. The molecule has 0 aliphatic carbocycles. The largest absolute Gasteiger partial charge is 0.302 e. The molecule has 1 amide bonds. The number of carbonyl (C=O) groups excluding carboxylic acids is 1. The number of hydrogen-bond acceptors (Lipinski definition) is 6. The van der Waals surface area contributed by atoms with Crippen molar-refractivity contribution >= 4 is 55.6 Å². The minimum Gasteiger partial charge on any atom is -0.302 e. The summed E-state index contributed by atoms with van der Waals surface area (Å²) in [5.41, 5.74) is 0.853. The van der Waals surface area contributed by atoms with Crippen molar-refractivity contribution in [3.63, 3.8) is 0 Å². The summed E-state index contributed by atoms with van der Waals surface area (Å²) in [6.07, 6.45) is 1.81. The predicted octanol–water partition coefficient (Wildman–Crippen LogP) is 3.63. The molecule has 1 aromatic carbocycles. The second-order valence-electron chi connectivity index (χ2n) is 4.67. The number of halogens is 1. The Balaban J connectivity index is 1.96. The Morgan fingerprint density at radius 1 is 1.35 bits per heavy atom. The molecule has 0 atom stereocenters. The number of anilines is 1. The van der Waals surface area contributed by atoms with Gasteiger partial charge in [-0.15, -0.1) is 11.8 Å². The molecular weight excluding hydrogens is 376 g/mol. The zero-order chi connectivity index (χ0) is 17.0. The molecule has 0 fully saturated rings. The minimum atomic E-state index is -3.51. The van der Waals surface area contributed by atoms with Crippen molar-refractivity contribution in [2.24, 2.45) is 0 Å². The van der Waals surface area contributed by atoms with Crippen LogP contribution < -0.4 is 5.32 Å². The van der Waals surface area contributed by atoms with Gasteiger partial charge in [-0.2, -0.15) is 0 Å². The molecule has 124 valence electrons. The van der Waals surface area contributed by atoms with Gasteiger partial charge in [-0.05, 0) is 37.4 Å². The highest BCUT2D eigenvalue weighted by Gasteiger charge is 2.17. The Bertz CT molecular complexity index is 801. The van der Waals surface area contributed by atoms with Gasteiger partial charge in [0.1, 0.15) is 0 Å². The van der Waals surface area contributed by atoms with E-state index < -0.39 is 9.84 Å². The lowest BCUT2D eigenvalue weighted by molar-refractivity contribution is -0.115. The van der Waals surface area contributed by atoms with E-state index in [2.05, 4.69) is 10.3 Å². The number of thiazole rings is 1. The molecule has 2 aromatic rings. The van der Waals surface area contributed by atoms with Crippen molar-refractivity contribution in [1.29, 1.82) is 0 Å². The Morgan fingerprint density at radius 2 is 2.00 bits per heavy atom. The topological polar surface area (TPSA) is 76.1 Å². The first-order chi connectivity index (χ1) is 10.8. The van der Waals surface area contributed by atoms with Crippen LogP contribution in [-0.4, -0.2) is 31.3 Å². The molecule has 0 aliphatic rings. The maximum atomic E-state index is 12.2. The van der Waals surface area contributed by atoms with Crippen LogP contribution >= 0.6 is 34.7 Å². The minimum absolute atomic E-state index is 0.127. The fourth-order valence-electron chi connectivity index (χ4n) is 1.79. The van der Waals surface area contributed by atoms with Crippen molar-refractivity contribution in [3.8, 4) is 0 Å². The molecule has 1 heterocycles. The molecule has 0 spiro atoms. The summed E-state index contributed by atoms with van der Waals surface area (Å²) >= 11 is 8.67. The van der Waals surface area contributed by atoms with Gasteiger partial charge >= 0.3 is 0 Å². The number of rotatable bonds is 6. The highest BCUT2D eigenvalue weighted by Crippen LogP contribution is 2.30. The van der Waals surface area contributed by atoms with Crippen LogP contribution in [0.25, 0.3) is 0 Å². The van der Waals surface area contributed by atoms with E-state index in [1.807, 2.05) is 13.2 Å². The summed E-state index contributed by atoms with van der Waals surface area (Å²) in [6.45, 7) is 1.86. The molecule has 2 rings (SSSR count). The van der Waals surface area contributed by atoms with Crippen molar-refractivity contribution in [1.82, 2.24) is 4.98 Å². The number of carbonyl (C=O) groups is 1. The molecule has 23 heavy (non-hydrogen) atoms. The Morgan fingerprint density at radius 3 is 2.57 bits per heavy atom. The third kappa shape index (κ3) is 4.94. The molecule has 0 unspecified atom stereocenters. The smallest absolute Gasteiger partial charge is 0.227 e. The Kier molecular flexibility index (Phi) is 6.07. The lowest BCUT2D eigenvalue weighted by Crippen LogP contribution is -2.17. The normalized spacial score (nSPS) is 11.4. The number of aromatic nitrogens is 1. The molecule has 1 N–H and O–H groups in total. The third-order valence-corrected chi connectivity index (χ3v) is 7.22. The number of nitrogens with one attached hydrogen (secondary N) is 1. The second kappa shape index (κ2) is 7.65. The van der Waals surface area contributed by atoms with Crippen LogP contribution in [0.15, 0.2) is 33.4 Å². The molecule has 1 aromatic heterocycles. The van der Waals surface area contributed by atoms with E-state index in [9.17, 15) is 13.2 Å². The molecular formula is C14H15ClN2O3S3. The van der Waals surface area contributed by atoms with E-state index in [0.29, 0.717) is 10.2 Å². The number of amides is 1. The lowest BCUT2D eigenvalue weighted by Gasteiger charge is -2.04. The van der Waals surface area contributed by atoms with Crippen molar-refractivity contribution in [2.75, 3.05) is 17.3 Å². The molecule has 0 radical (unpaired) electrons. The van der Waals surface area contributed by atoms with E-state index >= 15 is 0 Å². The first-order valence-corrected chi connectivity index (χ1v) is 10.7. The average Bonchev–Trinajstić information content (AvgIpc) is 2.85. The summed E-state index contributed by atoms with van der Waals surface area (Å²) in [7, 11) is -3.51. The summed E-state index contributed by atoms with van der Waals surface area (Å²) in [5, 5.41) is 3.59. The second-order valence-corrected chi connectivity index (χ2v) is 9.29. The van der Waals surface area contributed by atoms with Crippen LogP contribution in [0.1, 0.15) is 12.1 Å². The summed E-state index contributed by atoms with van der Waals surface area (Å²) in [6, 6.07) is 5.89. The van der Waals surface area contributed by atoms with Crippen molar-refractivity contribution in [2.45, 2.75) is 22.4 Å². The first kappa shape index (κ1) is 18.3. The lowest BCUT2D eigenvalue weighted by atomic mass is 10.4. The van der Waals surface area contributed by atoms with Gasteiger partial charge in [-0.25, -0.2) is 13.4 Å². The standard InChI is InChI=1S/C14H15ClN2O3S3/c1-9-13(21-2)22-14(16-9)17-12(18)7-8-23(19,20)11-5-3-10(15)4-6-11/h3-6H,7-8H2,1-2H3,(H,16,17,18). The molecule has 0 bridgehead atoms. The van der Waals surface area contributed by atoms with Crippen LogP contribution in [0.4, 0.5) is 5.13 Å². The number of hydrogen-bond donors (Lipinski definition) is 1. The SMILES string of the molecule is CSc1sc(NC(=O)CCS(=O)(=O)c2ccc(Cl)cc2)nc1C. The van der Waals surface area contributed by atoms with Gasteiger partial charge in [0.2, 0.25) is 5.91 Å². The van der Waals surface area contributed by atoms with Gasteiger partial charge in [-0.1, -0.05) is 22.9 Å². The predicted molar refractivity (Wildman–Crippen MR) is 95.4 cm³/mol. The zero-order valence-corrected chi connectivity index (χ0v) is 15.7. The van der Waals surface area contributed by atoms with Crippen LogP contribution in [0, 0.1) is 6.92 Å². The van der Waals surface area contributed by atoms with Gasteiger partial charge in [0.05, 0.1) is 20.6 Å². The van der Waals surface area contributed by atoms with E-state index in [-0.39, 0.29) is 23.0 Å². The number of nitrogens with zero attached hydrogens (tertiary/aromatic N) is 1. The fourth-order valence-corrected chi connectivity index (χ4v) is 4.79. The average molecular weight is 391 g/mol. The van der Waals surface area contributed by atoms with Crippen LogP contribution in [-0.2, 0) is 14.6 Å².